The van der Waals surface area contributed by atoms with E-state index < -0.39 is 26.9 Å². The van der Waals surface area contributed by atoms with Gasteiger partial charge in [-0.05, 0) is 25.5 Å². The zero-order valence-electron chi connectivity index (χ0n) is 11.7. The quantitative estimate of drug-likeness (QED) is 0.501. The van der Waals surface area contributed by atoms with Gasteiger partial charge in [0.05, 0.1) is 15.9 Å². The van der Waals surface area contributed by atoms with Crippen LogP contribution in [-0.4, -0.2) is 32.3 Å². The number of nitrogens with one attached hydrogen (secondary N) is 2. The minimum Gasteiger partial charge on any atom is -0.383 e. The lowest BCUT2D eigenvalue weighted by Crippen LogP contribution is -2.42. The van der Waals surface area contributed by atoms with Crippen molar-refractivity contribution in [3.63, 3.8) is 0 Å². The first-order valence-electron chi connectivity index (χ1n) is 5.88. The number of nitrogens with two attached hydrogens (primary N) is 1. The molecule has 0 saturated carbocycles. The lowest BCUT2D eigenvalue weighted by Gasteiger charge is -2.14. The molecule has 0 fully saturated rings. The van der Waals surface area contributed by atoms with Gasteiger partial charge in [0.15, 0.2) is 0 Å². The molecule has 0 aliphatic heterocycles. The highest BCUT2D eigenvalue weighted by Crippen LogP contribution is 2.30. The van der Waals surface area contributed by atoms with Crippen molar-refractivity contribution in [2.24, 2.45) is 5.73 Å². The van der Waals surface area contributed by atoms with Crippen molar-refractivity contribution in [2.45, 2.75) is 24.8 Å². The number of amides is 1. The Morgan fingerprint density at radius 2 is 2.00 bits per heavy atom. The second-order valence-corrected chi connectivity index (χ2v) is 6.07. The number of aryl methyl sites for hydroxylation is 1. The van der Waals surface area contributed by atoms with Crippen LogP contribution in [0.5, 0.6) is 0 Å². The molecule has 116 valence electrons. The fourth-order valence-corrected chi connectivity index (χ4v) is 3.13. The van der Waals surface area contributed by atoms with Crippen LogP contribution < -0.4 is 15.8 Å². The number of nitrogens with zero attached hydrogens (tertiary/aromatic N) is 1. The average molecular weight is 316 g/mol. The summed E-state index contributed by atoms with van der Waals surface area (Å²) in [6.45, 7) is 2.78. The zero-order chi connectivity index (χ0) is 16.4. The molecule has 4 N–H and O–H groups in total. The Morgan fingerprint density at radius 3 is 2.43 bits per heavy atom. The number of carbonyl (C=O) groups excluding carboxylic acids is 1. The third kappa shape index (κ3) is 3.67. The molecular weight excluding hydrogens is 300 g/mol. The number of benzene rings is 1. The van der Waals surface area contributed by atoms with E-state index in [2.05, 4.69) is 10.0 Å². The molecule has 1 aromatic rings. The van der Waals surface area contributed by atoms with Gasteiger partial charge in [-0.15, -0.1) is 0 Å². The molecule has 21 heavy (non-hydrogen) atoms. The minimum atomic E-state index is -4.10. The molecule has 1 amide bonds. The lowest BCUT2D eigenvalue weighted by atomic mass is 10.2. The number of sulfonamides is 1. The number of hydrogen-bond donors (Lipinski definition) is 3. The largest absolute Gasteiger partial charge is 0.383 e. The molecule has 0 spiro atoms. The summed E-state index contributed by atoms with van der Waals surface area (Å²) in [4.78, 5) is 21.0. The predicted molar refractivity (Wildman–Crippen MR) is 76.4 cm³/mol. The van der Waals surface area contributed by atoms with Gasteiger partial charge in [0, 0.05) is 13.1 Å². The third-order valence-electron chi connectivity index (χ3n) is 2.81. The van der Waals surface area contributed by atoms with Crippen molar-refractivity contribution in [1.82, 2.24) is 4.72 Å². The minimum absolute atomic E-state index is 0.194. The first-order chi connectivity index (χ1) is 9.60. The van der Waals surface area contributed by atoms with Crippen LogP contribution in [0.15, 0.2) is 17.0 Å². The predicted octanol–water partition coefficient (Wildman–Crippen LogP) is 0.0970. The highest BCUT2D eigenvalue weighted by Gasteiger charge is 2.26. The van der Waals surface area contributed by atoms with E-state index in [1.807, 2.05) is 0 Å². The summed E-state index contributed by atoms with van der Waals surface area (Å²) < 4.78 is 26.4. The summed E-state index contributed by atoms with van der Waals surface area (Å²) in [5.41, 5.74) is 5.11. The van der Waals surface area contributed by atoms with Gasteiger partial charge in [-0.2, -0.15) is 4.72 Å². The second kappa shape index (κ2) is 6.06. The van der Waals surface area contributed by atoms with Crippen molar-refractivity contribution in [2.75, 3.05) is 12.4 Å². The molecule has 1 aromatic carbocycles. The smallest absolute Gasteiger partial charge is 0.293 e. The van der Waals surface area contributed by atoms with E-state index in [1.54, 1.807) is 0 Å². The van der Waals surface area contributed by atoms with E-state index in [-0.39, 0.29) is 16.3 Å². The molecule has 0 saturated heterocycles. The van der Waals surface area contributed by atoms with Gasteiger partial charge >= 0.3 is 0 Å². The zero-order valence-corrected chi connectivity index (χ0v) is 12.5. The maximum absolute atomic E-state index is 12.2. The van der Waals surface area contributed by atoms with E-state index in [9.17, 15) is 23.3 Å². The Balaban J connectivity index is 3.39. The van der Waals surface area contributed by atoms with Gasteiger partial charge < -0.3 is 11.1 Å². The van der Waals surface area contributed by atoms with E-state index in [1.165, 1.54) is 27.0 Å². The summed E-state index contributed by atoms with van der Waals surface area (Å²) >= 11 is 0. The molecule has 0 aliphatic rings. The Morgan fingerprint density at radius 1 is 1.43 bits per heavy atom. The van der Waals surface area contributed by atoms with Crippen LogP contribution in [0.2, 0.25) is 0 Å². The highest BCUT2D eigenvalue weighted by molar-refractivity contribution is 7.89. The fourth-order valence-electron chi connectivity index (χ4n) is 1.67. The highest BCUT2D eigenvalue weighted by atomic mass is 32.2. The van der Waals surface area contributed by atoms with E-state index in [4.69, 9.17) is 5.73 Å². The van der Waals surface area contributed by atoms with E-state index in [0.29, 0.717) is 5.56 Å². The van der Waals surface area contributed by atoms with Crippen LogP contribution in [0, 0.1) is 17.0 Å². The summed E-state index contributed by atoms with van der Waals surface area (Å²) in [7, 11) is -2.61. The third-order valence-corrected chi connectivity index (χ3v) is 4.49. The summed E-state index contributed by atoms with van der Waals surface area (Å²) in [5, 5.41) is 13.6. The standard InChI is InChI=1S/C11H16N4O5S/c1-6-4-8(13-3)9(15(17)18)5-10(6)21(19,20)14-7(2)11(12)16/h4-5,7,13-14H,1-3H3,(H2,12,16). The van der Waals surface area contributed by atoms with Gasteiger partial charge in [0.2, 0.25) is 15.9 Å². The molecule has 0 aliphatic carbocycles. The number of hydrogen-bond acceptors (Lipinski definition) is 6. The first-order valence-corrected chi connectivity index (χ1v) is 7.37. The molecule has 9 nitrogen and oxygen atoms in total. The Bertz CT molecular complexity index is 686. The number of nitro benzene ring substituents is 1. The first kappa shape index (κ1) is 16.9. The maximum atomic E-state index is 12.2. The Labute approximate surface area is 121 Å². The summed E-state index contributed by atoms with van der Waals surface area (Å²) in [5.74, 6) is -0.849. The van der Waals surface area contributed by atoms with Crippen LogP contribution in [-0.2, 0) is 14.8 Å². The van der Waals surface area contributed by atoms with Crippen molar-refractivity contribution in [3.8, 4) is 0 Å². The average Bonchev–Trinajstić information content (AvgIpc) is 2.36. The fraction of sp³-hybridized carbons (Fsp3) is 0.364. The lowest BCUT2D eigenvalue weighted by molar-refractivity contribution is -0.384. The molecule has 0 bridgehead atoms. The van der Waals surface area contributed by atoms with Crippen LogP contribution in [0.1, 0.15) is 12.5 Å². The van der Waals surface area contributed by atoms with Gasteiger partial charge in [-0.25, -0.2) is 8.42 Å². The van der Waals surface area contributed by atoms with Crippen molar-refractivity contribution >= 4 is 27.3 Å². The molecular formula is C11H16N4O5S. The summed E-state index contributed by atoms with van der Waals surface area (Å²) in [6, 6.07) is 1.16. The number of primary amides is 1. The van der Waals surface area contributed by atoms with Crippen molar-refractivity contribution in [3.05, 3.63) is 27.8 Å². The van der Waals surface area contributed by atoms with Crippen LogP contribution in [0.25, 0.3) is 0 Å². The molecule has 10 heteroatoms. The normalized spacial score (nSPS) is 12.7. The van der Waals surface area contributed by atoms with E-state index >= 15 is 0 Å². The topological polar surface area (TPSA) is 144 Å². The SMILES string of the molecule is CNc1cc(C)c(S(=O)(=O)NC(C)C(N)=O)cc1[N+](=O)[O-]. The molecule has 1 atom stereocenters. The second-order valence-electron chi connectivity index (χ2n) is 4.39. The van der Waals surface area contributed by atoms with Gasteiger partial charge in [0.1, 0.15) is 5.69 Å². The van der Waals surface area contributed by atoms with Gasteiger partial charge in [-0.3, -0.25) is 14.9 Å². The van der Waals surface area contributed by atoms with Crippen LogP contribution in [0.4, 0.5) is 11.4 Å². The summed E-state index contributed by atoms with van der Waals surface area (Å²) in [6.07, 6.45) is 0. The molecule has 0 heterocycles. The van der Waals surface area contributed by atoms with Crippen molar-refractivity contribution in [1.29, 1.82) is 0 Å². The van der Waals surface area contributed by atoms with Gasteiger partial charge in [0.25, 0.3) is 5.69 Å². The molecule has 1 rings (SSSR count). The molecule has 0 radical (unpaired) electrons. The molecule has 1 unspecified atom stereocenters. The Hall–Kier alpha value is -2.20. The number of rotatable bonds is 6. The maximum Gasteiger partial charge on any atom is 0.293 e. The van der Waals surface area contributed by atoms with Crippen LogP contribution in [0.3, 0.4) is 0 Å². The number of carbonyl (C=O) groups is 1. The Kier molecular flexibility index (Phi) is 4.86. The van der Waals surface area contributed by atoms with E-state index in [0.717, 1.165) is 6.07 Å². The molecule has 0 aromatic heterocycles. The van der Waals surface area contributed by atoms with Crippen molar-refractivity contribution < 1.29 is 18.1 Å². The number of nitro groups is 1. The monoisotopic (exact) mass is 316 g/mol. The van der Waals surface area contributed by atoms with Crippen LogP contribution >= 0.6 is 0 Å². The van der Waals surface area contributed by atoms with Gasteiger partial charge in [-0.1, -0.05) is 0 Å². The number of anilines is 1.